The predicted octanol–water partition coefficient (Wildman–Crippen LogP) is 4.86. The lowest BCUT2D eigenvalue weighted by molar-refractivity contribution is 1.35. The van der Waals surface area contributed by atoms with Crippen LogP contribution in [0, 0.1) is 25.7 Å². The van der Waals surface area contributed by atoms with E-state index in [0.29, 0.717) is 0 Å². The molecule has 0 radical (unpaired) electrons. The third kappa shape index (κ3) is 2.31. The summed E-state index contributed by atoms with van der Waals surface area (Å²) >= 11 is 0. The van der Waals surface area contributed by atoms with E-state index < -0.39 is 0 Å². The monoisotopic (exact) mass is 256 g/mol. The van der Waals surface area contributed by atoms with Crippen LogP contribution in [-0.2, 0) is 0 Å². The Labute approximate surface area is 120 Å². The van der Waals surface area contributed by atoms with Gasteiger partial charge in [0.1, 0.15) is 0 Å². The van der Waals surface area contributed by atoms with Gasteiger partial charge in [-0.1, -0.05) is 66.4 Å². The molecule has 0 N–H and O–H groups in total. The molecule has 0 amide bonds. The first-order valence-corrected chi connectivity index (χ1v) is 6.82. The smallest absolute Gasteiger partial charge is 0.0327 e. The maximum Gasteiger partial charge on any atom is 0.0327 e. The van der Waals surface area contributed by atoms with E-state index in [1.54, 1.807) is 0 Å². The third-order valence-corrected chi connectivity index (χ3v) is 3.59. The second kappa shape index (κ2) is 5.23. The lowest BCUT2D eigenvalue weighted by atomic mass is 10.0. The minimum Gasteiger partial charge on any atom is -0.0617 e. The molecule has 0 nitrogen and oxygen atoms in total. The summed E-state index contributed by atoms with van der Waals surface area (Å²) in [4.78, 5) is 0. The fourth-order valence-electron chi connectivity index (χ4n) is 2.48. The molecule has 0 aliphatic rings. The summed E-state index contributed by atoms with van der Waals surface area (Å²) in [6, 6.07) is 21.0. The second-order valence-electron chi connectivity index (χ2n) is 5.04. The van der Waals surface area contributed by atoms with Crippen molar-refractivity contribution in [3.8, 4) is 11.8 Å². The molecule has 96 valence electrons. The van der Waals surface area contributed by atoms with Crippen LogP contribution < -0.4 is 0 Å². The van der Waals surface area contributed by atoms with Gasteiger partial charge >= 0.3 is 0 Å². The van der Waals surface area contributed by atoms with Gasteiger partial charge in [-0.25, -0.2) is 0 Å². The minimum atomic E-state index is 1.09. The molecule has 0 spiro atoms. The van der Waals surface area contributed by atoms with Crippen LogP contribution in [0.25, 0.3) is 10.8 Å². The van der Waals surface area contributed by atoms with Crippen molar-refractivity contribution in [2.45, 2.75) is 13.8 Å². The van der Waals surface area contributed by atoms with Crippen LogP contribution in [0.1, 0.15) is 22.3 Å². The van der Waals surface area contributed by atoms with Gasteiger partial charge in [0, 0.05) is 11.1 Å². The molecule has 0 aromatic heterocycles. The van der Waals surface area contributed by atoms with Gasteiger partial charge < -0.3 is 0 Å². The number of hydrogen-bond acceptors (Lipinski definition) is 0. The Bertz CT molecular complexity index is 804. The van der Waals surface area contributed by atoms with Gasteiger partial charge in [-0.05, 0) is 41.8 Å². The number of fused-ring (bicyclic) bond motifs is 1. The molecule has 0 bridgehead atoms. The van der Waals surface area contributed by atoms with Crippen molar-refractivity contribution in [1.82, 2.24) is 0 Å². The largest absolute Gasteiger partial charge is 0.0617 e. The first-order chi connectivity index (χ1) is 9.75. The van der Waals surface area contributed by atoms with Gasteiger partial charge in [-0.15, -0.1) is 0 Å². The van der Waals surface area contributed by atoms with Crippen molar-refractivity contribution in [2.24, 2.45) is 0 Å². The fraction of sp³-hybridized carbons (Fsp3) is 0.100. The van der Waals surface area contributed by atoms with E-state index >= 15 is 0 Å². The summed E-state index contributed by atoms with van der Waals surface area (Å²) < 4.78 is 0. The van der Waals surface area contributed by atoms with Crippen molar-refractivity contribution in [2.75, 3.05) is 0 Å². The molecule has 0 aliphatic carbocycles. The van der Waals surface area contributed by atoms with Crippen LogP contribution in [-0.4, -0.2) is 0 Å². The lowest BCUT2D eigenvalue weighted by Crippen LogP contribution is -1.87. The highest BCUT2D eigenvalue weighted by atomic mass is 14.0. The first-order valence-electron chi connectivity index (χ1n) is 6.82. The summed E-state index contributed by atoms with van der Waals surface area (Å²) in [5, 5.41) is 2.45. The minimum absolute atomic E-state index is 1.09. The fourth-order valence-corrected chi connectivity index (χ4v) is 2.48. The highest BCUT2D eigenvalue weighted by Gasteiger charge is 1.99. The zero-order valence-corrected chi connectivity index (χ0v) is 11.8. The molecule has 3 aromatic carbocycles. The van der Waals surface area contributed by atoms with E-state index in [1.165, 1.54) is 21.9 Å². The average Bonchev–Trinajstić information content (AvgIpc) is 2.47. The van der Waals surface area contributed by atoms with Crippen LogP contribution in [0.2, 0.25) is 0 Å². The molecule has 0 aliphatic heterocycles. The first kappa shape index (κ1) is 12.5. The van der Waals surface area contributed by atoms with Crippen LogP contribution in [0.5, 0.6) is 0 Å². The van der Waals surface area contributed by atoms with Gasteiger partial charge in [-0.2, -0.15) is 0 Å². The van der Waals surface area contributed by atoms with Crippen molar-refractivity contribution < 1.29 is 0 Å². The van der Waals surface area contributed by atoms with Crippen molar-refractivity contribution in [3.63, 3.8) is 0 Å². The normalized spacial score (nSPS) is 10.1. The van der Waals surface area contributed by atoms with E-state index in [0.717, 1.165) is 11.1 Å². The van der Waals surface area contributed by atoms with Gasteiger partial charge in [-0.3, -0.25) is 0 Å². The maximum absolute atomic E-state index is 3.34. The highest BCUT2D eigenvalue weighted by molar-refractivity contribution is 5.88. The molecule has 0 saturated carbocycles. The molecule has 20 heavy (non-hydrogen) atoms. The quantitative estimate of drug-likeness (QED) is 0.504. The molecular weight excluding hydrogens is 240 g/mol. The van der Waals surface area contributed by atoms with E-state index in [1.807, 2.05) is 0 Å². The van der Waals surface area contributed by atoms with E-state index in [4.69, 9.17) is 0 Å². The highest BCUT2D eigenvalue weighted by Crippen LogP contribution is 2.18. The molecule has 3 rings (SSSR count). The van der Waals surface area contributed by atoms with Gasteiger partial charge in [0.05, 0.1) is 0 Å². The molecule has 0 atom stereocenters. The third-order valence-electron chi connectivity index (χ3n) is 3.59. The summed E-state index contributed by atoms with van der Waals surface area (Å²) in [6.07, 6.45) is 0. The molecule has 0 heterocycles. The Hall–Kier alpha value is -2.52. The maximum atomic E-state index is 3.34. The van der Waals surface area contributed by atoms with E-state index in [9.17, 15) is 0 Å². The standard InChI is InChI=1S/C20H16/c1-15-7-5-8-16(2)19(15)14-13-18-11-6-10-17-9-3-4-12-20(17)18/h3-12H,1-2H3. The second-order valence-corrected chi connectivity index (χ2v) is 5.04. The van der Waals surface area contributed by atoms with Crippen LogP contribution >= 0.6 is 0 Å². The Morgan fingerprint density at radius 2 is 1.30 bits per heavy atom. The summed E-state index contributed by atoms with van der Waals surface area (Å²) in [6.45, 7) is 4.22. The number of rotatable bonds is 0. The molecular formula is C20H16. The molecule has 0 unspecified atom stereocenters. The van der Waals surface area contributed by atoms with Crippen molar-refractivity contribution in [1.29, 1.82) is 0 Å². The Balaban J connectivity index is 2.14. The summed E-state index contributed by atoms with van der Waals surface area (Å²) in [7, 11) is 0. The zero-order valence-electron chi connectivity index (χ0n) is 11.8. The number of aryl methyl sites for hydroxylation is 2. The Morgan fingerprint density at radius 1 is 0.650 bits per heavy atom. The Morgan fingerprint density at radius 3 is 2.10 bits per heavy atom. The topological polar surface area (TPSA) is 0 Å². The molecule has 0 heteroatoms. The summed E-state index contributed by atoms with van der Waals surface area (Å²) in [5.74, 6) is 6.68. The van der Waals surface area contributed by atoms with E-state index in [-0.39, 0.29) is 0 Å². The number of benzene rings is 3. The Kier molecular flexibility index (Phi) is 3.27. The van der Waals surface area contributed by atoms with Crippen LogP contribution in [0.4, 0.5) is 0 Å². The zero-order chi connectivity index (χ0) is 13.9. The van der Waals surface area contributed by atoms with E-state index in [2.05, 4.69) is 86.4 Å². The SMILES string of the molecule is Cc1cccc(C)c1C#Cc1cccc2ccccc12. The van der Waals surface area contributed by atoms with Gasteiger partial charge in [0.2, 0.25) is 0 Å². The number of hydrogen-bond donors (Lipinski definition) is 0. The molecule has 3 aromatic rings. The molecule has 0 saturated heterocycles. The van der Waals surface area contributed by atoms with Crippen molar-refractivity contribution in [3.05, 3.63) is 82.9 Å². The van der Waals surface area contributed by atoms with Crippen molar-refractivity contribution >= 4 is 10.8 Å². The van der Waals surface area contributed by atoms with Gasteiger partial charge in [0.25, 0.3) is 0 Å². The average molecular weight is 256 g/mol. The molecule has 0 fully saturated rings. The van der Waals surface area contributed by atoms with Crippen LogP contribution in [0.3, 0.4) is 0 Å². The summed E-state index contributed by atoms with van der Waals surface area (Å²) in [5.41, 5.74) is 4.70. The van der Waals surface area contributed by atoms with Crippen LogP contribution in [0.15, 0.2) is 60.7 Å². The van der Waals surface area contributed by atoms with Gasteiger partial charge in [0.15, 0.2) is 0 Å². The predicted molar refractivity (Wildman–Crippen MR) is 85.8 cm³/mol. The lowest BCUT2D eigenvalue weighted by Gasteiger charge is -2.02.